The van der Waals surface area contributed by atoms with Gasteiger partial charge in [-0.25, -0.2) is 9.97 Å². The van der Waals surface area contributed by atoms with Crippen molar-refractivity contribution >= 4 is 34.0 Å². The number of hydrogen-bond donors (Lipinski definition) is 0. The van der Waals surface area contributed by atoms with Crippen LogP contribution in [0.4, 0.5) is 0 Å². The quantitative estimate of drug-likeness (QED) is 0.500. The molecular weight excluding hydrogens is 264 g/mol. The Hall–Kier alpha value is -2.26. The van der Waals surface area contributed by atoms with E-state index in [4.69, 9.17) is 9.97 Å². The van der Waals surface area contributed by atoms with E-state index >= 15 is 0 Å². The third-order valence-electron chi connectivity index (χ3n) is 3.70. The van der Waals surface area contributed by atoms with Gasteiger partial charge in [0.25, 0.3) is 0 Å². The van der Waals surface area contributed by atoms with E-state index in [-0.39, 0.29) is 0 Å². The normalized spacial score (nSPS) is 14.6. The highest BCUT2D eigenvalue weighted by atomic mass is 32.1. The number of hydrogen-bond acceptors (Lipinski definition) is 3. The van der Waals surface area contributed by atoms with Crippen LogP contribution in [0.15, 0.2) is 41.6 Å². The van der Waals surface area contributed by atoms with Crippen molar-refractivity contribution in [2.24, 2.45) is 0 Å². The molecule has 0 amide bonds. The highest BCUT2D eigenvalue weighted by molar-refractivity contribution is 7.09. The average molecular weight is 276 g/mol. The first kappa shape index (κ1) is 11.6. The van der Waals surface area contributed by atoms with E-state index < -0.39 is 0 Å². The summed E-state index contributed by atoms with van der Waals surface area (Å²) in [6, 6.07) is 6.26. The molecule has 20 heavy (non-hydrogen) atoms. The molecule has 0 bridgehead atoms. The van der Waals surface area contributed by atoms with Gasteiger partial charge in [-0.2, -0.15) is 0 Å². The number of thiophene rings is 1. The minimum absolute atomic E-state index is 0.973. The van der Waals surface area contributed by atoms with E-state index in [0.29, 0.717) is 0 Å². The summed E-state index contributed by atoms with van der Waals surface area (Å²) in [5.74, 6) is 0. The molecule has 1 aliphatic carbocycles. The standard InChI is InChI=1S/C17H12N2S/c1-3-10-6-5-7-12-15(10)11(4-2)16-17(12)19-14-9-20-8-13(14)18-16/h3-9H,1H2,2H3/b11-4+. The molecule has 0 spiro atoms. The van der Waals surface area contributed by atoms with E-state index in [1.165, 1.54) is 5.56 Å². The molecule has 0 fully saturated rings. The fraction of sp³-hybridized carbons (Fsp3) is 0.0588. The van der Waals surface area contributed by atoms with Crippen LogP contribution in [0.2, 0.25) is 0 Å². The van der Waals surface area contributed by atoms with Crippen LogP contribution in [0.5, 0.6) is 0 Å². The number of allylic oxidation sites excluding steroid dienone is 1. The Labute approximate surface area is 121 Å². The molecule has 0 radical (unpaired) electrons. The van der Waals surface area contributed by atoms with Crippen molar-refractivity contribution in [2.75, 3.05) is 0 Å². The molecule has 1 aliphatic rings. The van der Waals surface area contributed by atoms with Crippen molar-refractivity contribution in [3.63, 3.8) is 0 Å². The number of fused-ring (bicyclic) bond motifs is 4. The Kier molecular flexibility index (Phi) is 2.38. The van der Waals surface area contributed by atoms with Crippen LogP contribution >= 0.6 is 11.3 Å². The minimum atomic E-state index is 0.973. The molecule has 0 aliphatic heterocycles. The van der Waals surface area contributed by atoms with Crippen LogP contribution < -0.4 is 0 Å². The Balaban J connectivity index is 2.15. The fourth-order valence-corrected chi connectivity index (χ4v) is 3.48. The van der Waals surface area contributed by atoms with Crippen molar-refractivity contribution < 1.29 is 0 Å². The van der Waals surface area contributed by atoms with Gasteiger partial charge in [0.2, 0.25) is 0 Å². The van der Waals surface area contributed by atoms with Crippen molar-refractivity contribution in [3.05, 3.63) is 58.4 Å². The molecule has 0 atom stereocenters. The summed E-state index contributed by atoms with van der Waals surface area (Å²) in [7, 11) is 0. The van der Waals surface area contributed by atoms with Crippen LogP contribution in [0.3, 0.4) is 0 Å². The lowest BCUT2D eigenvalue weighted by Gasteiger charge is -2.04. The summed E-state index contributed by atoms with van der Waals surface area (Å²) >= 11 is 1.64. The highest BCUT2D eigenvalue weighted by Gasteiger charge is 2.27. The lowest BCUT2D eigenvalue weighted by molar-refractivity contribution is 1.29. The first-order valence-electron chi connectivity index (χ1n) is 6.50. The van der Waals surface area contributed by atoms with E-state index in [2.05, 4.69) is 30.9 Å². The van der Waals surface area contributed by atoms with Gasteiger partial charge in [0.05, 0.1) is 11.4 Å². The van der Waals surface area contributed by atoms with Crippen LogP contribution in [0, 0.1) is 0 Å². The van der Waals surface area contributed by atoms with Crippen molar-refractivity contribution in [2.45, 2.75) is 6.92 Å². The van der Waals surface area contributed by atoms with Gasteiger partial charge in [0.1, 0.15) is 11.0 Å². The topological polar surface area (TPSA) is 25.8 Å². The molecule has 2 heterocycles. The van der Waals surface area contributed by atoms with Gasteiger partial charge in [-0.15, -0.1) is 11.3 Å². The van der Waals surface area contributed by atoms with Gasteiger partial charge in [-0.05, 0) is 12.5 Å². The molecule has 3 aromatic rings. The monoisotopic (exact) mass is 276 g/mol. The molecular formula is C17H12N2S. The van der Waals surface area contributed by atoms with E-state index in [1.807, 2.05) is 23.8 Å². The maximum absolute atomic E-state index is 4.80. The lowest BCUT2D eigenvalue weighted by atomic mass is 9.99. The molecule has 2 nitrogen and oxygen atoms in total. The zero-order valence-electron chi connectivity index (χ0n) is 11.1. The summed E-state index contributed by atoms with van der Waals surface area (Å²) in [4.78, 5) is 9.61. The molecule has 0 N–H and O–H groups in total. The van der Waals surface area contributed by atoms with E-state index in [1.54, 1.807) is 11.3 Å². The van der Waals surface area contributed by atoms with Gasteiger partial charge in [-0.1, -0.05) is 36.9 Å². The number of nitrogens with zero attached hydrogens (tertiary/aromatic N) is 2. The maximum Gasteiger partial charge on any atom is 0.100 e. The summed E-state index contributed by atoms with van der Waals surface area (Å²) in [6.07, 6.45) is 4.01. The first-order chi connectivity index (χ1) is 9.83. The third-order valence-corrected chi connectivity index (χ3v) is 4.41. The lowest BCUT2D eigenvalue weighted by Crippen LogP contribution is -1.90. The molecule has 1 aromatic carbocycles. The van der Waals surface area contributed by atoms with Crippen molar-refractivity contribution in [1.29, 1.82) is 0 Å². The number of benzene rings is 1. The van der Waals surface area contributed by atoms with Crippen LogP contribution in [-0.4, -0.2) is 9.97 Å². The smallest absolute Gasteiger partial charge is 0.100 e. The summed E-state index contributed by atoms with van der Waals surface area (Å²) in [6.45, 7) is 5.97. The van der Waals surface area contributed by atoms with E-state index in [0.717, 1.165) is 39.1 Å². The Morgan fingerprint density at radius 1 is 1.10 bits per heavy atom. The Bertz CT molecular complexity index is 887. The van der Waals surface area contributed by atoms with Gasteiger partial charge in [-0.3, -0.25) is 0 Å². The molecule has 3 heteroatoms. The predicted octanol–water partition coefficient (Wildman–Crippen LogP) is 4.77. The molecule has 0 unspecified atom stereocenters. The van der Waals surface area contributed by atoms with Crippen LogP contribution in [0.25, 0.3) is 33.9 Å². The molecule has 0 saturated carbocycles. The number of aromatic nitrogens is 2. The zero-order chi connectivity index (χ0) is 13.7. The minimum Gasteiger partial charge on any atom is -0.243 e. The van der Waals surface area contributed by atoms with Crippen LogP contribution in [-0.2, 0) is 0 Å². The second-order valence-electron chi connectivity index (χ2n) is 4.74. The Morgan fingerprint density at radius 2 is 1.85 bits per heavy atom. The SMILES string of the molecule is C=Cc1cccc2c1/C(=C\C)c1nc3cscc3nc1-2. The molecule has 2 aromatic heterocycles. The van der Waals surface area contributed by atoms with Crippen molar-refractivity contribution in [1.82, 2.24) is 9.97 Å². The summed E-state index contributed by atoms with van der Waals surface area (Å²) in [5.41, 5.74) is 8.58. The summed E-state index contributed by atoms with van der Waals surface area (Å²) in [5, 5.41) is 4.10. The average Bonchev–Trinajstić information content (AvgIpc) is 3.06. The largest absolute Gasteiger partial charge is 0.243 e. The van der Waals surface area contributed by atoms with Gasteiger partial charge in [0.15, 0.2) is 0 Å². The van der Waals surface area contributed by atoms with Gasteiger partial charge >= 0.3 is 0 Å². The predicted molar refractivity (Wildman–Crippen MR) is 85.7 cm³/mol. The van der Waals surface area contributed by atoms with E-state index in [9.17, 15) is 0 Å². The van der Waals surface area contributed by atoms with Gasteiger partial charge < -0.3 is 0 Å². The maximum atomic E-state index is 4.80. The highest BCUT2D eigenvalue weighted by Crippen LogP contribution is 2.44. The molecule has 4 rings (SSSR count). The molecule has 96 valence electrons. The first-order valence-corrected chi connectivity index (χ1v) is 7.44. The van der Waals surface area contributed by atoms with Gasteiger partial charge in [0, 0.05) is 27.5 Å². The second-order valence-corrected chi connectivity index (χ2v) is 5.48. The number of rotatable bonds is 1. The summed E-state index contributed by atoms with van der Waals surface area (Å²) < 4.78 is 0. The van der Waals surface area contributed by atoms with Crippen LogP contribution in [0.1, 0.15) is 23.7 Å². The fourth-order valence-electron chi connectivity index (χ4n) is 2.81. The Morgan fingerprint density at radius 3 is 2.55 bits per heavy atom. The second kappa shape index (κ2) is 4.12. The zero-order valence-corrected chi connectivity index (χ0v) is 11.9. The van der Waals surface area contributed by atoms with Crippen molar-refractivity contribution in [3.8, 4) is 11.3 Å². The molecule has 0 saturated heterocycles. The third kappa shape index (κ3) is 1.38.